The highest BCUT2D eigenvalue weighted by Crippen LogP contribution is 2.29. The second-order valence-electron chi connectivity index (χ2n) is 4.51. The summed E-state index contributed by atoms with van der Waals surface area (Å²) >= 11 is 0. The van der Waals surface area contributed by atoms with Gasteiger partial charge in [-0.25, -0.2) is 4.98 Å². The molecule has 18 heavy (non-hydrogen) atoms. The number of oxazole rings is 1. The molecule has 0 aliphatic carbocycles. The first-order chi connectivity index (χ1) is 8.65. The smallest absolute Gasteiger partial charge is 0.227 e. The molecule has 0 unspecified atom stereocenters. The fourth-order valence-corrected chi connectivity index (χ4v) is 2.20. The molecule has 3 heteroatoms. The normalized spacial score (nSPS) is 11.0. The summed E-state index contributed by atoms with van der Waals surface area (Å²) in [5.41, 5.74) is 11.4. The molecule has 0 fully saturated rings. The van der Waals surface area contributed by atoms with Crippen LogP contribution in [0.5, 0.6) is 0 Å². The lowest BCUT2D eigenvalue weighted by molar-refractivity contribution is 0.618. The molecule has 0 saturated carbocycles. The molecule has 0 amide bonds. The third-order valence-electron chi connectivity index (χ3n) is 3.11. The number of nitrogen functional groups attached to an aromatic ring is 1. The van der Waals surface area contributed by atoms with Crippen LogP contribution in [0.15, 0.2) is 40.8 Å². The van der Waals surface area contributed by atoms with Crippen LogP contribution in [0.3, 0.4) is 0 Å². The molecular formula is C15H14N2O. The number of anilines is 1. The lowest BCUT2D eigenvalue weighted by atomic mass is 10.0. The summed E-state index contributed by atoms with van der Waals surface area (Å²) in [4.78, 5) is 4.52. The number of fused-ring (bicyclic) bond motifs is 1. The van der Waals surface area contributed by atoms with Gasteiger partial charge in [0.2, 0.25) is 5.89 Å². The zero-order valence-corrected chi connectivity index (χ0v) is 10.4. The van der Waals surface area contributed by atoms with Gasteiger partial charge in [0.15, 0.2) is 5.58 Å². The van der Waals surface area contributed by atoms with Crippen molar-refractivity contribution < 1.29 is 4.42 Å². The van der Waals surface area contributed by atoms with Crippen molar-refractivity contribution in [2.45, 2.75) is 13.8 Å². The van der Waals surface area contributed by atoms with Gasteiger partial charge in [0, 0.05) is 11.3 Å². The number of hydrogen-bond donors (Lipinski definition) is 1. The Kier molecular flexibility index (Phi) is 2.33. The SMILES string of the molecule is Cc1cccc(C)c1-c1nc2cc(N)ccc2o1. The Balaban J connectivity index is 2.26. The Hall–Kier alpha value is -2.29. The maximum atomic E-state index is 5.80. The number of hydrogen-bond acceptors (Lipinski definition) is 3. The van der Waals surface area contributed by atoms with Gasteiger partial charge >= 0.3 is 0 Å². The fraction of sp³-hybridized carbons (Fsp3) is 0.133. The monoisotopic (exact) mass is 238 g/mol. The summed E-state index contributed by atoms with van der Waals surface area (Å²) in [6, 6.07) is 11.7. The molecule has 90 valence electrons. The van der Waals surface area contributed by atoms with Crippen molar-refractivity contribution in [3.63, 3.8) is 0 Å². The molecule has 0 aliphatic heterocycles. The van der Waals surface area contributed by atoms with Crippen LogP contribution < -0.4 is 5.73 Å². The highest BCUT2D eigenvalue weighted by Gasteiger charge is 2.12. The Labute approximate surface area is 105 Å². The van der Waals surface area contributed by atoms with Crippen molar-refractivity contribution in [1.82, 2.24) is 4.98 Å². The van der Waals surface area contributed by atoms with Crippen molar-refractivity contribution in [2.24, 2.45) is 0 Å². The topological polar surface area (TPSA) is 52.0 Å². The molecule has 1 aromatic heterocycles. The van der Waals surface area contributed by atoms with Crippen LogP contribution >= 0.6 is 0 Å². The molecule has 0 radical (unpaired) electrons. The van der Waals surface area contributed by atoms with Crippen molar-refractivity contribution in [3.8, 4) is 11.5 Å². The molecule has 3 aromatic rings. The Morgan fingerprint density at radius 2 is 1.78 bits per heavy atom. The van der Waals surface area contributed by atoms with E-state index in [0.717, 1.165) is 27.8 Å². The largest absolute Gasteiger partial charge is 0.436 e. The highest BCUT2D eigenvalue weighted by molar-refractivity contribution is 5.80. The minimum absolute atomic E-state index is 0.659. The summed E-state index contributed by atoms with van der Waals surface area (Å²) in [7, 11) is 0. The fourth-order valence-electron chi connectivity index (χ4n) is 2.20. The summed E-state index contributed by atoms with van der Waals surface area (Å²) in [6.45, 7) is 4.12. The van der Waals surface area contributed by atoms with Gasteiger partial charge in [-0.15, -0.1) is 0 Å². The van der Waals surface area contributed by atoms with E-state index in [1.807, 2.05) is 24.3 Å². The minimum Gasteiger partial charge on any atom is -0.436 e. The molecule has 0 aliphatic rings. The zero-order chi connectivity index (χ0) is 12.7. The van der Waals surface area contributed by atoms with E-state index in [9.17, 15) is 0 Å². The van der Waals surface area contributed by atoms with E-state index in [1.165, 1.54) is 0 Å². The second kappa shape index (κ2) is 3.88. The van der Waals surface area contributed by atoms with Gasteiger partial charge in [0.05, 0.1) is 0 Å². The number of benzene rings is 2. The molecule has 1 heterocycles. The van der Waals surface area contributed by atoms with Crippen molar-refractivity contribution in [1.29, 1.82) is 0 Å². The van der Waals surface area contributed by atoms with Crippen LogP contribution in [-0.4, -0.2) is 4.98 Å². The highest BCUT2D eigenvalue weighted by atomic mass is 16.3. The van der Waals surface area contributed by atoms with Crippen LogP contribution in [0.2, 0.25) is 0 Å². The standard InChI is InChI=1S/C15H14N2O/c1-9-4-3-5-10(2)14(9)15-17-12-8-11(16)6-7-13(12)18-15/h3-8H,16H2,1-2H3. The van der Waals surface area contributed by atoms with Crippen LogP contribution in [0.1, 0.15) is 11.1 Å². The van der Waals surface area contributed by atoms with Gasteiger partial charge in [0.1, 0.15) is 5.52 Å². The zero-order valence-electron chi connectivity index (χ0n) is 10.4. The van der Waals surface area contributed by atoms with E-state index >= 15 is 0 Å². The van der Waals surface area contributed by atoms with Gasteiger partial charge in [-0.1, -0.05) is 18.2 Å². The maximum absolute atomic E-state index is 5.80. The van der Waals surface area contributed by atoms with Gasteiger partial charge in [-0.05, 0) is 43.2 Å². The van der Waals surface area contributed by atoms with Crippen molar-refractivity contribution >= 4 is 16.8 Å². The molecule has 0 saturated heterocycles. The van der Waals surface area contributed by atoms with Crippen LogP contribution in [-0.2, 0) is 0 Å². The Bertz CT molecular complexity index is 708. The first-order valence-electron chi connectivity index (χ1n) is 5.88. The summed E-state index contributed by atoms with van der Waals surface area (Å²) < 4.78 is 5.80. The van der Waals surface area contributed by atoms with Gasteiger partial charge in [0.25, 0.3) is 0 Å². The maximum Gasteiger partial charge on any atom is 0.227 e. The van der Waals surface area contributed by atoms with Crippen LogP contribution in [0, 0.1) is 13.8 Å². The van der Waals surface area contributed by atoms with Crippen molar-refractivity contribution in [2.75, 3.05) is 5.73 Å². The van der Waals surface area contributed by atoms with E-state index in [0.29, 0.717) is 11.6 Å². The number of nitrogens with zero attached hydrogens (tertiary/aromatic N) is 1. The lowest BCUT2D eigenvalue weighted by Crippen LogP contribution is -1.87. The van der Waals surface area contributed by atoms with Crippen LogP contribution in [0.25, 0.3) is 22.6 Å². The number of aromatic nitrogens is 1. The minimum atomic E-state index is 0.659. The first-order valence-corrected chi connectivity index (χ1v) is 5.88. The van der Waals surface area contributed by atoms with Crippen LogP contribution in [0.4, 0.5) is 5.69 Å². The van der Waals surface area contributed by atoms with Gasteiger partial charge < -0.3 is 10.2 Å². The number of rotatable bonds is 1. The molecule has 0 bridgehead atoms. The van der Waals surface area contributed by atoms with E-state index in [-0.39, 0.29) is 0 Å². The quantitative estimate of drug-likeness (QED) is 0.658. The Morgan fingerprint density at radius 3 is 2.50 bits per heavy atom. The molecule has 3 nitrogen and oxygen atoms in total. The van der Waals surface area contributed by atoms with E-state index in [2.05, 4.69) is 31.0 Å². The van der Waals surface area contributed by atoms with Gasteiger partial charge in [-0.3, -0.25) is 0 Å². The van der Waals surface area contributed by atoms with Gasteiger partial charge in [-0.2, -0.15) is 0 Å². The Morgan fingerprint density at radius 1 is 1.06 bits per heavy atom. The average molecular weight is 238 g/mol. The third-order valence-corrected chi connectivity index (χ3v) is 3.11. The number of nitrogens with two attached hydrogens (primary N) is 1. The average Bonchev–Trinajstić information content (AvgIpc) is 2.71. The molecule has 3 rings (SSSR count). The molecule has 0 atom stereocenters. The summed E-state index contributed by atoms with van der Waals surface area (Å²) in [5.74, 6) is 0.659. The summed E-state index contributed by atoms with van der Waals surface area (Å²) in [5, 5.41) is 0. The predicted molar refractivity (Wildman–Crippen MR) is 73.3 cm³/mol. The number of aryl methyl sites for hydroxylation is 2. The van der Waals surface area contributed by atoms with E-state index in [1.54, 1.807) is 0 Å². The molecule has 2 N–H and O–H groups in total. The molecule has 2 aromatic carbocycles. The molecular weight excluding hydrogens is 224 g/mol. The lowest BCUT2D eigenvalue weighted by Gasteiger charge is -2.04. The van der Waals surface area contributed by atoms with E-state index in [4.69, 9.17) is 10.2 Å². The first kappa shape index (κ1) is 10.8. The summed E-state index contributed by atoms with van der Waals surface area (Å²) in [6.07, 6.45) is 0. The van der Waals surface area contributed by atoms with E-state index < -0.39 is 0 Å². The predicted octanol–water partition coefficient (Wildman–Crippen LogP) is 3.69. The second-order valence-corrected chi connectivity index (χ2v) is 4.51. The van der Waals surface area contributed by atoms with Crippen molar-refractivity contribution in [3.05, 3.63) is 47.5 Å². The third kappa shape index (κ3) is 1.64. The molecule has 0 spiro atoms.